The molecule has 0 radical (unpaired) electrons. The molecule has 1 aromatic rings. The first kappa shape index (κ1) is 15.7. The van der Waals surface area contributed by atoms with Crippen LogP contribution in [0.25, 0.3) is 0 Å². The number of carbonyl (C=O) groups is 1. The average Bonchev–Trinajstić information content (AvgIpc) is 2.38. The molecule has 0 aliphatic rings. The summed E-state index contributed by atoms with van der Waals surface area (Å²) in [5.41, 5.74) is 2.55. The fourth-order valence-corrected chi connectivity index (χ4v) is 2.46. The van der Waals surface area contributed by atoms with E-state index < -0.39 is 0 Å². The highest BCUT2D eigenvalue weighted by Crippen LogP contribution is 2.25. The lowest BCUT2D eigenvalue weighted by Crippen LogP contribution is -1.99. The Balaban J connectivity index is 2.77. The minimum atomic E-state index is 0.245. The van der Waals surface area contributed by atoms with Gasteiger partial charge in [-0.3, -0.25) is 4.79 Å². The number of ketones is 1. The van der Waals surface area contributed by atoms with E-state index in [2.05, 4.69) is 50.3 Å². The second kappa shape index (κ2) is 8.68. The quantitative estimate of drug-likeness (QED) is 0.458. The van der Waals surface area contributed by atoms with Gasteiger partial charge in [0.1, 0.15) is 5.78 Å². The van der Waals surface area contributed by atoms with E-state index in [1.54, 1.807) is 6.92 Å². The van der Waals surface area contributed by atoms with Crippen LogP contribution in [0.3, 0.4) is 0 Å². The SMILES string of the molecule is CCCCC[C@H](/C=C(\C)CC(C)=O)c1ccccc1. The van der Waals surface area contributed by atoms with Gasteiger partial charge in [0.05, 0.1) is 0 Å². The van der Waals surface area contributed by atoms with Crippen LogP contribution >= 0.6 is 0 Å². The lowest BCUT2D eigenvalue weighted by molar-refractivity contribution is -0.116. The van der Waals surface area contributed by atoms with Crippen molar-refractivity contribution in [2.45, 2.75) is 58.8 Å². The van der Waals surface area contributed by atoms with Crippen LogP contribution in [0.1, 0.15) is 64.4 Å². The van der Waals surface area contributed by atoms with Crippen LogP contribution in [0.2, 0.25) is 0 Å². The Bertz CT molecular complexity index is 403. The molecule has 0 unspecified atom stereocenters. The normalized spacial score (nSPS) is 13.3. The molecule has 1 rings (SSSR count). The minimum absolute atomic E-state index is 0.245. The zero-order valence-electron chi connectivity index (χ0n) is 12.5. The topological polar surface area (TPSA) is 17.1 Å². The highest BCUT2D eigenvalue weighted by Gasteiger charge is 2.09. The third kappa shape index (κ3) is 6.37. The molecule has 0 N–H and O–H groups in total. The Labute approximate surface area is 117 Å². The van der Waals surface area contributed by atoms with Crippen LogP contribution in [0.5, 0.6) is 0 Å². The molecule has 19 heavy (non-hydrogen) atoms. The van der Waals surface area contributed by atoms with Gasteiger partial charge in [0.15, 0.2) is 0 Å². The maximum absolute atomic E-state index is 11.2. The van der Waals surface area contributed by atoms with E-state index in [1.807, 2.05) is 0 Å². The molecule has 1 nitrogen and oxygen atoms in total. The molecule has 1 heteroatoms. The monoisotopic (exact) mass is 258 g/mol. The second-order valence-electron chi connectivity index (χ2n) is 5.40. The van der Waals surface area contributed by atoms with E-state index in [0.717, 1.165) is 0 Å². The minimum Gasteiger partial charge on any atom is -0.300 e. The zero-order chi connectivity index (χ0) is 14.1. The molecule has 0 aromatic heterocycles. The standard InChI is InChI=1S/C18H26O/c1-4-5-7-12-18(14-15(2)13-16(3)19)17-10-8-6-9-11-17/h6,8-11,14,18H,4-5,7,12-13H2,1-3H3/b15-14+/t18-/m1/s1. The number of benzene rings is 1. The van der Waals surface area contributed by atoms with Crippen molar-refractivity contribution in [3.8, 4) is 0 Å². The number of Topliss-reactive ketones (excluding diaryl/α,β-unsaturated/α-hetero) is 1. The van der Waals surface area contributed by atoms with Crippen molar-refractivity contribution in [1.82, 2.24) is 0 Å². The summed E-state index contributed by atoms with van der Waals surface area (Å²) in [4.78, 5) is 11.2. The van der Waals surface area contributed by atoms with Gasteiger partial charge < -0.3 is 0 Å². The molecule has 0 saturated carbocycles. The van der Waals surface area contributed by atoms with Crippen molar-refractivity contribution in [2.75, 3.05) is 0 Å². The molecule has 0 bridgehead atoms. The Kier molecular flexibility index (Phi) is 7.17. The summed E-state index contributed by atoms with van der Waals surface area (Å²) >= 11 is 0. The van der Waals surface area contributed by atoms with Crippen LogP contribution in [-0.2, 0) is 4.79 Å². The van der Waals surface area contributed by atoms with Gasteiger partial charge in [-0.05, 0) is 25.8 Å². The predicted octanol–water partition coefficient (Wildman–Crippen LogP) is 5.28. The predicted molar refractivity (Wildman–Crippen MR) is 82.4 cm³/mol. The van der Waals surface area contributed by atoms with E-state index >= 15 is 0 Å². The number of unbranched alkanes of at least 4 members (excludes halogenated alkanes) is 2. The van der Waals surface area contributed by atoms with Gasteiger partial charge >= 0.3 is 0 Å². The smallest absolute Gasteiger partial charge is 0.133 e. The number of hydrogen-bond acceptors (Lipinski definition) is 1. The van der Waals surface area contributed by atoms with Gasteiger partial charge in [-0.2, -0.15) is 0 Å². The highest BCUT2D eigenvalue weighted by molar-refractivity contribution is 5.77. The summed E-state index contributed by atoms with van der Waals surface area (Å²) in [5.74, 6) is 0.696. The Morgan fingerprint density at radius 2 is 1.84 bits per heavy atom. The van der Waals surface area contributed by atoms with Crippen LogP contribution in [0.4, 0.5) is 0 Å². The van der Waals surface area contributed by atoms with E-state index in [9.17, 15) is 4.79 Å². The van der Waals surface area contributed by atoms with Crippen molar-refractivity contribution >= 4 is 5.78 Å². The van der Waals surface area contributed by atoms with Crippen LogP contribution in [0.15, 0.2) is 42.0 Å². The molecule has 0 amide bonds. The van der Waals surface area contributed by atoms with Gasteiger partial charge in [-0.15, -0.1) is 0 Å². The second-order valence-corrected chi connectivity index (χ2v) is 5.40. The molecule has 0 fully saturated rings. The Morgan fingerprint density at radius 1 is 1.16 bits per heavy atom. The molecular weight excluding hydrogens is 232 g/mol. The third-order valence-electron chi connectivity index (χ3n) is 3.36. The molecular formula is C18H26O. The average molecular weight is 258 g/mol. The van der Waals surface area contributed by atoms with E-state index in [4.69, 9.17) is 0 Å². The van der Waals surface area contributed by atoms with Gasteiger partial charge in [0.2, 0.25) is 0 Å². The largest absolute Gasteiger partial charge is 0.300 e. The summed E-state index contributed by atoms with van der Waals surface area (Å²) in [6.45, 7) is 5.96. The molecule has 0 heterocycles. The first-order valence-corrected chi connectivity index (χ1v) is 7.35. The van der Waals surface area contributed by atoms with Crippen molar-refractivity contribution in [1.29, 1.82) is 0 Å². The molecule has 0 spiro atoms. The maximum atomic E-state index is 11.2. The van der Waals surface area contributed by atoms with Gasteiger partial charge in [0, 0.05) is 12.3 Å². The Hall–Kier alpha value is -1.37. The number of carbonyl (C=O) groups excluding carboxylic acids is 1. The number of hydrogen-bond donors (Lipinski definition) is 0. The number of allylic oxidation sites excluding steroid dienone is 2. The molecule has 0 aliphatic carbocycles. The lowest BCUT2D eigenvalue weighted by Gasteiger charge is -2.14. The molecule has 1 atom stereocenters. The highest BCUT2D eigenvalue weighted by atomic mass is 16.1. The summed E-state index contributed by atoms with van der Waals surface area (Å²) in [7, 11) is 0. The van der Waals surface area contributed by atoms with Gasteiger partial charge in [-0.1, -0.05) is 68.2 Å². The molecule has 0 aliphatic heterocycles. The first-order chi connectivity index (χ1) is 9.13. The number of rotatable bonds is 8. The fourth-order valence-electron chi connectivity index (χ4n) is 2.46. The third-order valence-corrected chi connectivity index (χ3v) is 3.36. The first-order valence-electron chi connectivity index (χ1n) is 7.35. The molecule has 104 valence electrons. The van der Waals surface area contributed by atoms with Crippen molar-refractivity contribution in [2.24, 2.45) is 0 Å². The maximum Gasteiger partial charge on any atom is 0.133 e. The summed E-state index contributed by atoms with van der Waals surface area (Å²) in [6.07, 6.45) is 7.82. The van der Waals surface area contributed by atoms with Crippen molar-refractivity contribution in [3.63, 3.8) is 0 Å². The van der Waals surface area contributed by atoms with E-state index in [1.165, 1.54) is 36.8 Å². The van der Waals surface area contributed by atoms with Crippen LogP contribution in [-0.4, -0.2) is 5.78 Å². The van der Waals surface area contributed by atoms with E-state index in [0.29, 0.717) is 12.3 Å². The Morgan fingerprint density at radius 3 is 2.42 bits per heavy atom. The van der Waals surface area contributed by atoms with Crippen LogP contribution in [0, 0.1) is 0 Å². The summed E-state index contributed by atoms with van der Waals surface area (Å²) in [5, 5.41) is 0. The summed E-state index contributed by atoms with van der Waals surface area (Å²) < 4.78 is 0. The van der Waals surface area contributed by atoms with E-state index in [-0.39, 0.29) is 5.78 Å². The lowest BCUT2D eigenvalue weighted by atomic mass is 9.90. The zero-order valence-corrected chi connectivity index (χ0v) is 12.5. The van der Waals surface area contributed by atoms with Crippen molar-refractivity contribution in [3.05, 3.63) is 47.5 Å². The molecule has 1 aromatic carbocycles. The van der Waals surface area contributed by atoms with Crippen molar-refractivity contribution < 1.29 is 4.79 Å². The van der Waals surface area contributed by atoms with Crippen LogP contribution < -0.4 is 0 Å². The van der Waals surface area contributed by atoms with Gasteiger partial charge in [-0.25, -0.2) is 0 Å². The fraction of sp³-hybridized carbons (Fsp3) is 0.500. The summed E-state index contributed by atoms with van der Waals surface area (Å²) in [6, 6.07) is 10.6. The molecule has 0 saturated heterocycles. The van der Waals surface area contributed by atoms with Gasteiger partial charge in [0.25, 0.3) is 0 Å².